The van der Waals surface area contributed by atoms with Gasteiger partial charge in [-0.15, -0.1) is 0 Å². The van der Waals surface area contributed by atoms with Crippen LogP contribution in [0.25, 0.3) is 21.5 Å². The summed E-state index contributed by atoms with van der Waals surface area (Å²) in [5, 5.41) is 8.15. The van der Waals surface area contributed by atoms with Gasteiger partial charge in [-0.3, -0.25) is 9.59 Å². The minimum Gasteiger partial charge on any atom is -0.354 e. The Morgan fingerprint density at radius 2 is 1.40 bits per heavy atom. The molecule has 0 atom stereocenters. The second kappa shape index (κ2) is 19.0. The number of likely N-dealkylation sites (N-methyl/N-ethyl adjacent to an activating group) is 1. The number of nitrogens with zero attached hydrogens (tertiary/aromatic N) is 3. The van der Waals surface area contributed by atoms with E-state index in [9.17, 15) is 9.59 Å². The molecule has 6 rings (SSSR count). The van der Waals surface area contributed by atoms with E-state index < -0.39 is 0 Å². The number of benzene rings is 4. The standard InChI is InChI=1S/C54H68N4O2/c1-10-11-23-36-57-44-34-32-40-25-19-21-27-42(40)50(44)53(5,6)46(57)29-16-13-12-14-17-30-47-54(7,8)51-43-28-22-20-26-41(43)33-35-45(51)58(47)37-24-15-18-31-49(60)56(9)38-48(59)55-39-52(2,3)4/h12-14,16-17,19-22,25-30,32-35H,10-11,15,18,23-24,31,36-39H2,1-9H3/p+1. The molecular formula is C54H69N4O2+. The van der Waals surface area contributed by atoms with Crippen molar-refractivity contribution in [2.45, 2.75) is 111 Å². The van der Waals surface area contributed by atoms with Gasteiger partial charge >= 0.3 is 0 Å². The van der Waals surface area contributed by atoms with Crippen molar-refractivity contribution in [2.24, 2.45) is 5.41 Å². The Morgan fingerprint density at radius 1 is 0.750 bits per heavy atom. The number of hydrogen-bond donors (Lipinski definition) is 1. The van der Waals surface area contributed by atoms with Gasteiger partial charge in [-0.1, -0.05) is 139 Å². The van der Waals surface area contributed by atoms with E-state index in [1.54, 1.807) is 11.9 Å². The molecule has 0 radical (unpaired) electrons. The van der Waals surface area contributed by atoms with E-state index in [0.717, 1.165) is 32.4 Å². The fourth-order valence-electron chi connectivity index (χ4n) is 9.20. The molecule has 0 saturated carbocycles. The molecule has 0 spiro atoms. The molecule has 6 heteroatoms. The lowest BCUT2D eigenvalue weighted by Gasteiger charge is -2.27. The quantitative estimate of drug-likeness (QED) is 0.0657. The van der Waals surface area contributed by atoms with Gasteiger partial charge in [0.2, 0.25) is 17.5 Å². The average Bonchev–Trinajstić information content (AvgIpc) is 3.57. The molecule has 60 heavy (non-hydrogen) atoms. The molecule has 0 aliphatic carbocycles. The number of unbranched alkanes of at least 4 members (excludes halogenated alkanes) is 4. The number of fused-ring (bicyclic) bond motifs is 6. The van der Waals surface area contributed by atoms with E-state index in [2.05, 4.69) is 186 Å². The van der Waals surface area contributed by atoms with Crippen LogP contribution < -0.4 is 10.2 Å². The van der Waals surface area contributed by atoms with Crippen LogP contribution >= 0.6 is 0 Å². The van der Waals surface area contributed by atoms with Crippen molar-refractivity contribution in [3.8, 4) is 0 Å². The molecule has 6 nitrogen and oxygen atoms in total. The Hall–Kier alpha value is -5.23. The minimum atomic E-state index is -0.193. The maximum Gasteiger partial charge on any atom is 0.239 e. The Bertz CT molecular complexity index is 2350. The summed E-state index contributed by atoms with van der Waals surface area (Å²) < 4.78 is 2.56. The third-order valence-electron chi connectivity index (χ3n) is 12.3. The van der Waals surface area contributed by atoms with Crippen molar-refractivity contribution in [3.63, 3.8) is 0 Å². The van der Waals surface area contributed by atoms with Crippen LogP contribution in [0.5, 0.6) is 0 Å². The minimum absolute atomic E-state index is 0.00388. The van der Waals surface area contributed by atoms with Crippen LogP contribution in [-0.4, -0.2) is 60.2 Å². The van der Waals surface area contributed by atoms with Gasteiger partial charge in [0, 0.05) is 67.5 Å². The zero-order valence-corrected chi connectivity index (χ0v) is 37.9. The van der Waals surface area contributed by atoms with Crippen LogP contribution in [0.4, 0.5) is 11.4 Å². The summed E-state index contributed by atoms with van der Waals surface area (Å²) >= 11 is 0. The average molecular weight is 806 g/mol. The summed E-state index contributed by atoms with van der Waals surface area (Å²) in [6.07, 6.45) is 22.2. The maximum atomic E-state index is 12.9. The van der Waals surface area contributed by atoms with Crippen molar-refractivity contribution >= 4 is 50.4 Å². The molecule has 2 heterocycles. The van der Waals surface area contributed by atoms with E-state index in [-0.39, 0.29) is 34.6 Å². The molecule has 1 N–H and O–H groups in total. The summed E-state index contributed by atoms with van der Waals surface area (Å²) in [7, 11) is 1.72. The zero-order valence-electron chi connectivity index (χ0n) is 37.9. The van der Waals surface area contributed by atoms with Gasteiger partial charge in [0.15, 0.2) is 5.71 Å². The first-order chi connectivity index (χ1) is 28.6. The first-order valence-electron chi connectivity index (χ1n) is 22.3. The number of hydrogen-bond acceptors (Lipinski definition) is 3. The van der Waals surface area contributed by atoms with E-state index >= 15 is 0 Å². The van der Waals surface area contributed by atoms with Crippen LogP contribution in [0.2, 0.25) is 0 Å². The smallest absolute Gasteiger partial charge is 0.239 e. The van der Waals surface area contributed by atoms with E-state index in [1.807, 2.05) is 0 Å². The predicted octanol–water partition coefficient (Wildman–Crippen LogP) is 12.1. The molecule has 0 bridgehead atoms. The molecule has 0 fully saturated rings. The zero-order chi connectivity index (χ0) is 43.1. The fraction of sp³-hybridized carbons (Fsp3) is 0.426. The Kier molecular flexibility index (Phi) is 14.0. The second-order valence-electron chi connectivity index (χ2n) is 19.1. The van der Waals surface area contributed by atoms with Crippen LogP contribution in [0, 0.1) is 5.41 Å². The van der Waals surface area contributed by atoms with Crippen molar-refractivity contribution in [3.05, 3.63) is 132 Å². The summed E-state index contributed by atoms with van der Waals surface area (Å²) in [4.78, 5) is 29.3. The lowest BCUT2D eigenvalue weighted by Crippen LogP contribution is -2.41. The lowest BCUT2D eigenvalue weighted by molar-refractivity contribution is -0.438. The Labute approximate surface area is 360 Å². The molecule has 2 aliphatic rings. The normalized spacial score (nSPS) is 16.6. The van der Waals surface area contributed by atoms with Crippen molar-refractivity contribution in [2.75, 3.05) is 38.1 Å². The third kappa shape index (κ3) is 9.86. The van der Waals surface area contributed by atoms with Crippen LogP contribution in [-0.2, 0) is 20.4 Å². The number of carbonyl (C=O) groups excluding carboxylic acids is 2. The molecule has 0 unspecified atom stereocenters. The molecular weight excluding hydrogens is 737 g/mol. The van der Waals surface area contributed by atoms with Gasteiger partial charge < -0.3 is 15.1 Å². The van der Waals surface area contributed by atoms with Crippen LogP contribution in [0.3, 0.4) is 0 Å². The maximum absolute atomic E-state index is 12.9. The fourth-order valence-corrected chi connectivity index (χ4v) is 9.20. The summed E-state index contributed by atoms with van der Waals surface area (Å²) in [5.41, 5.74) is 7.74. The van der Waals surface area contributed by atoms with Gasteiger partial charge in [-0.2, -0.15) is 4.58 Å². The van der Waals surface area contributed by atoms with Crippen molar-refractivity contribution < 1.29 is 14.2 Å². The highest BCUT2D eigenvalue weighted by molar-refractivity contribution is 6.07. The molecule has 0 aromatic heterocycles. The predicted molar refractivity (Wildman–Crippen MR) is 255 cm³/mol. The summed E-state index contributed by atoms with van der Waals surface area (Å²) in [6, 6.07) is 26.6. The highest BCUT2D eigenvalue weighted by Crippen LogP contribution is 2.51. The first kappa shape index (κ1) is 44.3. The Morgan fingerprint density at radius 3 is 2.10 bits per heavy atom. The molecule has 2 amide bonds. The highest BCUT2D eigenvalue weighted by atomic mass is 16.2. The van der Waals surface area contributed by atoms with Crippen LogP contribution in [0.1, 0.15) is 111 Å². The van der Waals surface area contributed by atoms with E-state index in [1.165, 1.54) is 74.7 Å². The SMILES string of the molecule is CCCCC[N+]1=C(/C=C/C=C/C=C/C=C2\N(CCCCCC(=O)N(C)CC(=O)NCC(C)(C)C)c3ccc4ccccc4c3C2(C)C)C(C)(C)c2c1ccc1ccccc21. The van der Waals surface area contributed by atoms with Gasteiger partial charge in [0.05, 0.1) is 12.0 Å². The number of amides is 2. The number of carbonyl (C=O) groups is 2. The van der Waals surface area contributed by atoms with Gasteiger partial charge in [0.25, 0.3) is 0 Å². The number of anilines is 1. The van der Waals surface area contributed by atoms with Crippen LogP contribution in [0.15, 0.2) is 121 Å². The van der Waals surface area contributed by atoms with Gasteiger partial charge in [0.1, 0.15) is 6.54 Å². The molecule has 0 saturated heterocycles. The summed E-state index contributed by atoms with van der Waals surface area (Å²) in [6.45, 7) is 20.5. The van der Waals surface area contributed by atoms with E-state index in [4.69, 9.17) is 0 Å². The number of nitrogens with one attached hydrogen (secondary N) is 1. The van der Waals surface area contributed by atoms with Crippen molar-refractivity contribution in [1.29, 1.82) is 0 Å². The second-order valence-corrected chi connectivity index (χ2v) is 19.1. The Balaban J connectivity index is 1.15. The molecule has 2 aliphatic heterocycles. The topological polar surface area (TPSA) is 55.7 Å². The lowest BCUT2D eigenvalue weighted by atomic mass is 9.79. The van der Waals surface area contributed by atoms with Gasteiger partial charge in [-0.25, -0.2) is 0 Å². The monoisotopic (exact) mass is 806 g/mol. The largest absolute Gasteiger partial charge is 0.354 e. The first-order valence-corrected chi connectivity index (χ1v) is 22.3. The molecule has 4 aromatic carbocycles. The van der Waals surface area contributed by atoms with Crippen molar-refractivity contribution in [1.82, 2.24) is 10.2 Å². The highest BCUT2D eigenvalue weighted by Gasteiger charge is 2.45. The van der Waals surface area contributed by atoms with E-state index in [0.29, 0.717) is 13.0 Å². The summed E-state index contributed by atoms with van der Waals surface area (Å²) in [5.74, 6) is -0.0944. The number of rotatable bonds is 17. The third-order valence-corrected chi connectivity index (χ3v) is 12.3. The molecule has 316 valence electrons. The van der Waals surface area contributed by atoms with Gasteiger partial charge in [-0.05, 0) is 83.8 Å². The molecule has 4 aromatic rings. The number of allylic oxidation sites excluding steroid dienone is 8.